The van der Waals surface area contributed by atoms with Gasteiger partial charge in [-0.25, -0.2) is 4.39 Å². The Bertz CT molecular complexity index is 349. The molecule has 0 bridgehead atoms. The third-order valence-corrected chi connectivity index (χ3v) is 3.76. The van der Waals surface area contributed by atoms with Crippen molar-refractivity contribution in [1.82, 2.24) is 5.32 Å². The highest BCUT2D eigenvalue weighted by atomic mass is 32.2. The lowest BCUT2D eigenvalue weighted by atomic mass is 9.96. The maximum Gasteiger partial charge on any atom is 0.126 e. The van der Waals surface area contributed by atoms with Crippen LogP contribution >= 0.6 is 11.8 Å². The first kappa shape index (κ1) is 16.5. The van der Waals surface area contributed by atoms with Crippen molar-refractivity contribution < 1.29 is 9.13 Å². The second kappa shape index (κ2) is 10.2. The number of nitrogens with one attached hydrogen (secondary N) is 1. The Morgan fingerprint density at radius 1 is 1.37 bits per heavy atom. The fraction of sp³-hybridized carbons (Fsp3) is 0.600. The van der Waals surface area contributed by atoms with Crippen LogP contribution in [0.5, 0.6) is 0 Å². The summed E-state index contributed by atoms with van der Waals surface area (Å²) in [5.74, 6) is 1.50. The Labute approximate surface area is 120 Å². The highest BCUT2D eigenvalue weighted by molar-refractivity contribution is 7.98. The van der Waals surface area contributed by atoms with Crippen molar-refractivity contribution in [2.45, 2.75) is 12.8 Å². The van der Waals surface area contributed by atoms with Crippen LogP contribution < -0.4 is 5.32 Å². The van der Waals surface area contributed by atoms with Crippen LogP contribution in [0.4, 0.5) is 4.39 Å². The van der Waals surface area contributed by atoms with Crippen LogP contribution in [0.2, 0.25) is 0 Å². The van der Waals surface area contributed by atoms with E-state index in [1.165, 1.54) is 0 Å². The van der Waals surface area contributed by atoms with Crippen molar-refractivity contribution in [1.29, 1.82) is 0 Å². The lowest BCUT2D eigenvalue weighted by Crippen LogP contribution is -2.27. The van der Waals surface area contributed by atoms with Gasteiger partial charge in [-0.2, -0.15) is 11.8 Å². The zero-order chi connectivity index (χ0) is 13.9. The van der Waals surface area contributed by atoms with Crippen molar-refractivity contribution in [3.8, 4) is 0 Å². The number of benzene rings is 1. The third-order valence-electron chi connectivity index (χ3n) is 3.11. The SMILES string of the molecule is COCCNCC(CCSC)Cc1ccccc1F. The maximum absolute atomic E-state index is 13.7. The quantitative estimate of drug-likeness (QED) is 0.668. The van der Waals surface area contributed by atoms with E-state index in [9.17, 15) is 4.39 Å². The molecule has 1 rings (SSSR count). The highest BCUT2D eigenvalue weighted by Crippen LogP contribution is 2.16. The Hall–Kier alpha value is -0.580. The number of hydrogen-bond acceptors (Lipinski definition) is 3. The molecule has 1 aromatic carbocycles. The van der Waals surface area contributed by atoms with Crippen molar-refractivity contribution >= 4 is 11.8 Å². The Balaban J connectivity index is 2.46. The molecule has 0 saturated heterocycles. The van der Waals surface area contributed by atoms with Crippen molar-refractivity contribution in [2.24, 2.45) is 5.92 Å². The molecular weight excluding hydrogens is 261 g/mol. The first-order valence-corrected chi connectivity index (χ1v) is 8.09. The minimum absolute atomic E-state index is 0.0893. The first-order chi connectivity index (χ1) is 9.27. The molecule has 108 valence electrons. The molecule has 0 aromatic heterocycles. The summed E-state index contributed by atoms with van der Waals surface area (Å²) in [6.45, 7) is 2.48. The van der Waals surface area contributed by atoms with Gasteiger partial charge in [-0.3, -0.25) is 0 Å². The Kier molecular flexibility index (Phi) is 8.88. The molecule has 0 aliphatic carbocycles. The van der Waals surface area contributed by atoms with Gasteiger partial charge in [0.15, 0.2) is 0 Å². The average Bonchev–Trinajstić information content (AvgIpc) is 2.43. The number of halogens is 1. The van der Waals surface area contributed by atoms with Crippen molar-refractivity contribution in [3.05, 3.63) is 35.6 Å². The molecule has 4 heteroatoms. The van der Waals surface area contributed by atoms with Crippen LogP contribution in [0.3, 0.4) is 0 Å². The summed E-state index contributed by atoms with van der Waals surface area (Å²) in [7, 11) is 1.70. The van der Waals surface area contributed by atoms with Crippen molar-refractivity contribution in [2.75, 3.05) is 38.8 Å². The van der Waals surface area contributed by atoms with Crippen molar-refractivity contribution in [3.63, 3.8) is 0 Å². The molecule has 1 N–H and O–H groups in total. The van der Waals surface area contributed by atoms with Crippen LogP contribution in [-0.4, -0.2) is 38.8 Å². The largest absolute Gasteiger partial charge is 0.383 e. The molecule has 0 heterocycles. The van der Waals surface area contributed by atoms with Gasteiger partial charge in [0.2, 0.25) is 0 Å². The Morgan fingerprint density at radius 3 is 2.84 bits per heavy atom. The molecule has 0 saturated carbocycles. The number of methoxy groups -OCH3 is 1. The fourth-order valence-corrected chi connectivity index (χ4v) is 2.59. The summed E-state index contributed by atoms with van der Waals surface area (Å²) in [6, 6.07) is 7.07. The van der Waals surface area contributed by atoms with E-state index in [0.717, 1.165) is 43.9 Å². The second-order valence-electron chi connectivity index (χ2n) is 4.64. The van der Waals surface area contributed by atoms with Crippen LogP contribution in [0.15, 0.2) is 24.3 Å². The zero-order valence-corrected chi connectivity index (χ0v) is 12.6. The van der Waals surface area contributed by atoms with Crippen LogP contribution in [0.1, 0.15) is 12.0 Å². The smallest absolute Gasteiger partial charge is 0.126 e. The van der Waals surface area contributed by atoms with E-state index in [0.29, 0.717) is 5.92 Å². The number of ether oxygens (including phenoxy) is 1. The molecule has 0 aliphatic heterocycles. The monoisotopic (exact) mass is 285 g/mol. The average molecular weight is 285 g/mol. The summed E-state index contributed by atoms with van der Waals surface area (Å²) >= 11 is 1.84. The van der Waals surface area contributed by atoms with Gasteiger partial charge >= 0.3 is 0 Å². The molecule has 1 unspecified atom stereocenters. The van der Waals surface area contributed by atoms with E-state index in [-0.39, 0.29) is 5.82 Å². The van der Waals surface area contributed by atoms with Gasteiger partial charge in [-0.1, -0.05) is 18.2 Å². The van der Waals surface area contributed by atoms with E-state index in [1.807, 2.05) is 23.9 Å². The minimum Gasteiger partial charge on any atom is -0.383 e. The molecule has 1 aromatic rings. The van der Waals surface area contributed by atoms with E-state index < -0.39 is 0 Å². The molecule has 0 spiro atoms. The normalized spacial score (nSPS) is 12.6. The standard InChI is InChI=1S/C15H24FNOS/c1-18-9-8-17-12-13(7-10-19-2)11-14-5-3-4-6-15(14)16/h3-6,13,17H,7-12H2,1-2H3. The lowest BCUT2D eigenvalue weighted by molar-refractivity contribution is 0.197. The predicted molar refractivity (Wildman–Crippen MR) is 81.3 cm³/mol. The Morgan fingerprint density at radius 2 is 2.16 bits per heavy atom. The summed E-state index contributed by atoms with van der Waals surface area (Å²) in [5.41, 5.74) is 0.821. The van der Waals surface area contributed by atoms with E-state index in [4.69, 9.17) is 4.74 Å². The first-order valence-electron chi connectivity index (χ1n) is 6.70. The topological polar surface area (TPSA) is 21.3 Å². The van der Waals surface area contributed by atoms with E-state index in [2.05, 4.69) is 11.6 Å². The lowest BCUT2D eigenvalue weighted by Gasteiger charge is -2.17. The second-order valence-corrected chi connectivity index (χ2v) is 5.63. The summed E-state index contributed by atoms with van der Waals surface area (Å²) in [6.07, 6.45) is 4.02. The van der Waals surface area contributed by atoms with Gasteiger partial charge in [0.25, 0.3) is 0 Å². The predicted octanol–water partition coefficient (Wildman–Crippen LogP) is 2.97. The van der Waals surface area contributed by atoms with Gasteiger partial charge in [0.1, 0.15) is 5.82 Å². The molecular formula is C15H24FNOS. The number of hydrogen-bond donors (Lipinski definition) is 1. The maximum atomic E-state index is 13.7. The van der Waals surface area contributed by atoms with Gasteiger partial charge in [-0.15, -0.1) is 0 Å². The molecule has 0 aliphatic rings. The van der Waals surface area contributed by atoms with Crippen LogP contribution in [-0.2, 0) is 11.2 Å². The van der Waals surface area contributed by atoms with Gasteiger partial charge in [0, 0.05) is 13.7 Å². The molecule has 2 nitrogen and oxygen atoms in total. The highest BCUT2D eigenvalue weighted by Gasteiger charge is 2.11. The zero-order valence-electron chi connectivity index (χ0n) is 11.8. The van der Waals surface area contributed by atoms with Crippen LogP contribution in [0.25, 0.3) is 0 Å². The minimum atomic E-state index is -0.0893. The molecule has 0 amide bonds. The molecule has 0 radical (unpaired) electrons. The van der Waals surface area contributed by atoms with Gasteiger partial charge < -0.3 is 10.1 Å². The molecule has 0 fully saturated rings. The summed E-state index contributed by atoms with van der Waals surface area (Å²) < 4.78 is 18.7. The van der Waals surface area contributed by atoms with E-state index in [1.54, 1.807) is 19.2 Å². The van der Waals surface area contributed by atoms with Gasteiger partial charge in [-0.05, 0) is 48.9 Å². The summed E-state index contributed by atoms with van der Waals surface area (Å²) in [4.78, 5) is 0. The number of rotatable bonds is 10. The molecule has 1 atom stereocenters. The molecule has 19 heavy (non-hydrogen) atoms. The van der Waals surface area contributed by atoms with E-state index >= 15 is 0 Å². The summed E-state index contributed by atoms with van der Waals surface area (Å²) in [5, 5.41) is 3.38. The van der Waals surface area contributed by atoms with Gasteiger partial charge in [0.05, 0.1) is 6.61 Å². The fourth-order valence-electron chi connectivity index (χ4n) is 2.02. The third kappa shape index (κ3) is 6.95. The number of thioether (sulfide) groups is 1. The van der Waals surface area contributed by atoms with Crippen LogP contribution in [0, 0.1) is 11.7 Å².